The van der Waals surface area contributed by atoms with Gasteiger partial charge >= 0.3 is 0 Å². The fourth-order valence-electron chi connectivity index (χ4n) is 3.69. The molecule has 1 fully saturated rings. The van der Waals surface area contributed by atoms with E-state index in [0.29, 0.717) is 6.61 Å². The molecule has 3 heteroatoms. The van der Waals surface area contributed by atoms with Crippen molar-refractivity contribution in [1.82, 2.24) is 4.90 Å². The van der Waals surface area contributed by atoms with Crippen LogP contribution < -0.4 is 0 Å². The molecule has 0 N–H and O–H groups in total. The number of hydrogen-bond donors (Lipinski definition) is 0. The van der Waals surface area contributed by atoms with E-state index in [1.165, 1.54) is 11.1 Å². The summed E-state index contributed by atoms with van der Waals surface area (Å²) >= 11 is 0. The minimum Gasteiger partial charge on any atom is -0.354 e. The second-order valence-electron chi connectivity index (χ2n) is 6.83. The average Bonchev–Trinajstić information content (AvgIpc) is 2.92. The summed E-state index contributed by atoms with van der Waals surface area (Å²) in [6, 6.07) is 20.7. The summed E-state index contributed by atoms with van der Waals surface area (Å²) < 4.78 is 6.03. The number of rotatable bonds is 4. The molecule has 2 aromatic carbocycles. The van der Waals surface area contributed by atoms with Gasteiger partial charge in [-0.2, -0.15) is 0 Å². The SMILES string of the molecule is C/C=C/C(=O)N1[C@H](C(c2ccccc2)c2ccccc2)COC1(C)C. The Morgan fingerprint density at radius 2 is 1.60 bits per heavy atom. The molecule has 3 nitrogen and oxygen atoms in total. The van der Waals surface area contributed by atoms with Crippen LogP contribution in [-0.4, -0.2) is 29.2 Å². The molecule has 1 atom stereocenters. The van der Waals surface area contributed by atoms with Crippen LogP contribution in [0.5, 0.6) is 0 Å². The maximum atomic E-state index is 12.8. The molecule has 0 aromatic heterocycles. The third-order valence-electron chi connectivity index (χ3n) is 4.77. The smallest absolute Gasteiger partial charge is 0.248 e. The van der Waals surface area contributed by atoms with Crippen LogP contribution in [0.1, 0.15) is 37.8 Å². The van der Waals surface area contributed by atoms with Crippen LogP contribution in [0.15, 0.2) is 72.8 Å². The molecule has 25 heavy (non-hydrogen) atoms. The van der Waals surface area contributed by atoms with E-state index in [1.54, 1.807) is 12.2 Å². The molecule has 1 heterocycles. The van der Waals surface area contributed by atoms with Gasteiger partial charge in [0.15, 0.2) is 0 Å². The molecule has 1 amide bonds. The van der Waals surface area contributed by atoms with Crippen molar-refractivity contribution in [3.63, 3.8) is 0 Å². The van der Waals surface area contributed by atoms with E-state index in [9.17, 15) is 4.79 Å². The zero-order chi connectivity index (χ0) is 17.9. The van der Waals surface area contributed by atoms with Crippen molar-refractivity contribution in [1.29, 1.82) is 0 Å². The largest absolute Gasteiger partial charge is 0.354 e. The average molecular weight is 335 g/mol. The van der Waals surface area contributed by atoms with E-state index in [1.807, 2.05) is 62.1 Å². The number of ether oxygens (including phenoxy) is 1. The first-order valence-electron chi connectivity index (χ1n) is 8.74. The lowest BCUT2D eigenvalue weighted by Gasteiger charge is -2.36. The van der Waals surface area contributed by atoms with Crippen molar-refractivity contribution in [2.24, 2.45) is 0 Å². The maximum Gasteiger partial charge on any atom is 0.248 e. The second kappa shape index (κ2) is 7.24. The van der Waals surface area contributed by atoms with Gasteiger partial charge in [0.2, 0.25) is 5.91 Å². The normalized spacial score (nSPS) is 19.7. The molecule has 2 aromatic rings. The Kier molecular flexibility index (Phi) is 5.05. The van der Waals surface area contributed by atoms with Gasteiger partial charge in [0.25, 0.3) is 0 Å². The van der Waals surface area contributed by atoms with E-state index >= 15 is 0 Å². The minimum absolute atomic E-state index is 0.00753. The molecule has 0 bridgehead atoms. The molecule has 1 aliphatic rings. The first-order chi connectivity index (χ1) is 12.0. The highest BCUT2D eigenvalue weighted by molar-refractivity contribution is 5.88. The van der Waals surface area contributed by atoms with Crippen LogP contribution in [-0.2, 0) is 9.53 Å². The van der Waals surface area contributed by atoms with Gasteiger partial charge in [0.05, 0.1) is 12.6 Å². The molecular formula is C22H25NO2. The van der Waals surface area contributed by atoms with Crippen molar-refractivity contribution in [2.75, 3.05) is 6.61 Å². The van der Waals surface area contributed by atoms with Crippen LogP contribution in [0, 0.1) is 0 Å². The number of carbonyl (C=O) groups excluding carboxylic acids is 1. The van der Waals surface area contributed by atoms with E-state index in [0.717, 1.165) is 0 Å². The number of allylic oxidation sites excluding steroid dienone is 1. The standard InChI is InChI=1S/C22H25NO2/c1-4-11-20(24)23-19(16-25-22(23,2)3)21(17-12-7-5-8-13-17)18-14-9-6-10-15-18/h4-15,19,21H,16H2,1-3H3/b11-4+/t19-/m0/s1. The van der Waals surface area contributed by atoms with Crippen molar-refractivity contribution in [2.45, 2.75) is 38.5 Å². The summed E-state index contributed by atoms with van der Waals surface area (Å²) in [6.45, 7) is 6.30. The van der Waals surface area contributed by atoms with Crippen LogP contribution in [0.4, 0.5) is 0 Å². The highest BCUT2D eigenvalue weighted by Gasteiger charge is 2.46. The molecule has 0 spiro atoms. The zero-order valence-electron chi connectivity index (χ0n) is 15.1. The zero-order valence-corrected chi connectivity index (χ0v) is 15.1. The lowest BCUT2D eigenvalue weighted by atomic mass is 9.84. The van der Waals surface area contributed by atoms with Gasteiger partial charge in [-0.1, -0.05) is 66.7 Å². The Labute approximate surface area is 149 Å². The third-order valence-corrected chi connectivity index (χ3v) is 4.77. The number of benzene rings is 2. The molecule has 1 aliphatic heterocycles. The Balaban J connectivity index is 2.08. The van der Waals surface area contributed by atoms with E-state index in [2.05, 4.69) is 24.3 Å². The first-order valence-corrected chi connectivity index (χ1v) is 8.74. The van der Waals surface area contributed by atoms with Gasteiger partial charge in [0.1, 0.15) is 5.72 Å². The number of hydrogen-bond acceptors (Lipinski definition) is 2. The lowest BCUT2D eigenvalue weighted by molar-refractivity contribution is -0.140. The van der Waals surface area contributed by atoms with Crippen molar-refractivity contribution in [3.8, 4) is 0 Å². The number of nitrogens with zero attached hydrogens (tertiary/aromatic N) is 1. The fraction of sp³-hybridized carbons (Fsp3) is 0.318. The van der Waals surface area contributed by atoms with Crippen LogP contribution >= 0.6 is 0 Å². The van der Waals surface area contributed by atoms with Gasteiger partial charge < -0.3 is 9.64 Å². The molecule has 0 unspecified atom stereocenters. The van der Waals surface area contributed by atoms with Gasteiger partial charge in [-0.3, -0.25) is 4.79 Å². The fourth-order valence-corrected chi connectivity index (χ4v) is 3.69. The van der Waals surface area contributed by atoms with Crippen LogP contribution in [0.2, 0.25) is 0 Å². The van der Waals surface area contributed by atoms with Crippen LogP contribution in [0.25, 0.3) is 0 Å². The molecule has 130 valence electrons. The van der Waals surface area contributed by atoms with Gasteiger partial charge in [0, 0.05) is 5.92 Å². The predicted octanol–water partition coefficient (Wildman–Crippen LogP) is 4.36. The topological polar surface area (TPSA) is 29.5 Å². The summed E-state index contributed by atoms with van der Waals surface area (Å²) in [7, 11) is 0. The summed E-state index contributed by atoms with van der Waals surface area (Å²) in [5, 5.41) is 0. The van der Waals surface area contributed by atoms with Crippen molar-refractivity contribution < 1.29 is 9.53 Å². The van der Waals surface area contributed by atoms with Crippen molar-refractivity contribution >= 4 is 5.91 Å². The Hall–Kier alpha value is -2.39. The Bertz CT molecular complexity index is 698. The van der Waals surface area contributed by atoms with Gasteiger partial charge in [-0.05, 0) is 38.0 Å². The highest BCUT2D eigenvalue weighted by Crippen LogP contribution is 2.39. The summed E-state index contributed by atoms with van der Waals surface area (Å²) in [5.74, 6) is 0.0604. The van der Waals surface area contributed by atoms with Gasteiger partial charge in [-0.15, -0.1) is 0 Å². The minimum atomic E-state index is -0.622. The summed E-state index contributed by atoms with van der Waals surface area (Å²) in [5.41, 5.74) is 1.76. The lowest BCUT2D eigenvalue weighted by Crippen LogP contribution is -2.49. The maximum absolute atomic E-state index is 12.8. The van der Waals surface area contributed by atoms with E-state index in [-0.39, 0.29) is 17.9 Å². The summed E-state index contributed by atoms with van der Waals surface area (Å²) in [4.78, 5) is 14.7. The third kappa shape index (κ3) is 3.52. The second-order valence-corrected chi connectivity index (χ2v) is 6.83. The predicted molar refractivity (Wildman–Crippen MR) is 100 cm³/mol. The molecule has 1 saturated heterocycles. The molecule has 3 rings (SSSR count). The monoisotopic (exact) mass is 335 g/mol. The first kappa shape index (κ1) is 17.4. The molecule has 0 radical (unpaired) electrons. The number of carbonyl (C=O) groups is 1. The Morgan fingerprint density at radius 3 is 2.08 bits per heavy atom. The molecule has 0 saturated carbocycles. The molecular weight excluding hydrogens is 310 g/mol. The molecule has 0 aliphatic carbocycles. The Morgan fingerprint density at radius 1 is 1.08 bits per heavy atom. The summed E-state index contributed by atoms with van der Waals surface area (Å²) in [6.07, 6.45) is 3.41. The van der Waals surface area contributed by atoms with Crippen molar-refractivity contribution in [3.05, 3.63) is 83.9 Å². The quantitative estimate of drug-likeness (QED) is 0.777. The van der Waals surface area contributed by atoms with Crippen LogP contribution in [0.3, 0.4) is 0 Å². The number of amides is 1. The van der Waals surface area contributed by atoms with Gasteiger partial charge in [-0.25, -0.2) is 0 Å². The van der Waals surface area contributed by atoms with E-state index < -0.39 is 5.72 Å². The van der Waals surface area contributed by atoms with E-state index in [4.69, 9.17) is 4.74 Å². The highest BCUT2D eigenvalue weighted by atomic mass is 16.5.